The minimum atomic E-state index is -0.847. The number of rotatable bonds is 3. The first-order valence-electron chi connectivity index (χ1n) is 8.22. The predicted molar refractivity (Wildman–Crippen MR) is 83.4 cm³/mol. The molecule has 0 radical (unpaired) electrons. The summed E-state index contributed by atoms with van der Waals surface area (Å²) in [5.41, 5.74) is 2.19. The van der Waals surface area contributed by atoms with Crippen molar-refractivity contribution in [3.05, 3.63) is 35.4 Å². The molecule has 3 heteroatoms. The molecule has 0 amide bonds. The second-order valence-corrected chi connectivity index (χ2v) is 6.88. The third kappa shape index (κ3) is 3.46. The van der Waals surface area contributed by atoms with Crippen molar-refractivity contribution in [1.82, 2.24) is 4.90 Å². The maximum absolute atomic E-state index is 10.9. The van der Waals surface area contributed by atoms with Gasteiger partial charge in [0.05, 0.1) is 5.56 Å². The van der Waals surface area contributed by atoms with Gasteiger partial charge in [-0.2, -0.15) is 0 Å². The van der Waals surface area contributed by atoms with Crippen LogP contribution in [0.3, 0.4) is 0 Å². The molecule has 114 valence electrons. The molecule has 2 aliphatic rings. The van der Waals surface area contributed by atoms with Crippen molar-refractivity contribution in [3.8, 4) is 0 Å². The van der Waals surface area contributed by atoms with Gasteiger partial charge in [0.1, 0.15) is 0 Å². The first-order chi connectivity index (χ1) is 10.2. The molecule has 1 aromatic carbocycles. The summed E-state index contributed by atoms with van der Waals surface area (Å²) < 4.78 is 0. The van der Waals surface area contributed by atoms with E-state index in [0.29, 0.717) is 11.0 Å². The molecule has 3 nitrogen and oxygen atoms in total. The molecule has 1 spiro atoms. The summed E-state index contributed by atoms with van der Waals surface area (Å²) in [6.45, 7) is 3.37. The molecule has 3 rings (SSSR count). The summed E-state index contributed by atoms with van der Waals surface area (Å²) in [6.07, 6.45) is 9.75. The number of carboxylic acids is 1. The average molecular weight is 287 g/mol. The average Bonchev–Trinajstić information content (AvgIpc) is 2.49. The minimum absolute atomic E-state index is 0.376. The predicted octanol–water partition coefficient (Wildman–Crippen LogP) is 3.93. The Labute approximate surface area is 127 Å². The molecule has 1 aliphatic carbocycles. The molecule has 0 unspecified atom stereocenters. The molecular weight excluding hydrogens is 262 g/mol. The Morgan fingerprint density at radius 3 is 2.38 bits per heavy atom. The largest absolute Gasteiger partial charge is 0.478 e. The van der Waals surface area contributed by atoms with Crippen molar-refractivity contribution in [2.75, 3.05) is 13.1 Å². The van der Waals surface area contributed by atoms with Gasteiger partial charge >= 0.3 is 5.97 Å². The second kappa shape index (κ2) is 6.18. The van der Waals surface area contributed by atoms with Crippen LogP contribution in [0.4, 0.5) is 0 Å². The van der Waals surface area contributed by atoms with Crippen LogP contribution < -0.4 is 0 Å². The van der Waals surface area contributed by atoms with Crippen LogP contribution in [0.2, 0.25) is 0 Å². The van der Waals surface area contributed by atoms with Gasteiger partial charge in [0, 0.05) is 13.1 Å². The van der Waals surface area contributed by atoms with E-state index in [1.807, 2.05) is 12.1 Å². The Hall–Kier alpha value is -1.35. The fourth-order valence-electron chi connectivity index (χ4n) is 4.17. The molecular formula is C18H25NO2. The van der Waals surface area contributed by atoms with Crippen molar-refractivity contribution in [3.63, 3.8) is 0 Å². The van der Waals surface area contributed by atoms with Gasteiger partial charge in [0.2, 0.25) is 0 Å². The van der Waals surface area contributed by atoms with E-state index in [4.69, 9.17) is 5.11 Å². The fraction of sp³-hybridized carbons (Fsp3) is 0.611. The van der Waals surface area contributed by atoms with Crippen molar-refractivity contribution >= 4 is 5.97 Å². The molecule has 1 saturated carbocycles. The lowest BCUT2D eigenvalue weighted by Crippen LogP contribution is -2.43. The number of benzene rings is 1. The van der Waals surface area contributed by atoms with Crippen LogP contribution in [-0.2, 0) is 6.54 Å². The molecule has 1 N–H and O–H groups in total. The normalized spacial score (nSPS) is 22.3. The van der Waals surface area contributed by atoms with Gasteiger partial charge in [0.25, 0.3) is 0 Å². The summed E-state index contributed by atoms with van der Waals surface area (Å²) in [5.74, 6) is -0.847. The van der Waals surface area contributed by atoms with Crippen molar-refractivity contribution in [2.24, 2.45) is 5.41 Å². The van der Waals surface area contributed by atoms with Gasteiger partial charge in [0.15, 0.2) is 0 Å². The number of carbonyl (C=O) groups is 1. The lowest BCUT2D eigenvalue weighted by atomic mass is 9.69. The van der Waals surface area contributed by atoms with Crippen LogP contribution in [0, 0.1) is 5.41 Å². The molecule has 21 heavy (non-hydrogen) atoms. The summed E-state index contributed by atoms with van der Waals surface area (Å²) in [5, 5.41) is 8.95. The number of aromatic carboxylic acids is 1. The van der Waals surface area contributed by atoms with E-state index in [-0.39, 0.29) is 0 Å². The van der Waals surface area contributed by atoms with Crippen LogP contribution >= 0.6 is 0 Å². The Morgan fingerprint density at radius 1 is 1.05 bits per heavy atom. The Morgan fingerprint density at radius 2 is 1.71 bits per heavy atom. The van der Waals surface area contributed by atoms with E-state index < -0.39 is 5.97 Å². The Bertz CT molecular complexity index is 483. The van der Waals surface area contributed by atoms with Crippen molar-refractivity contribution in [2.45, 2.75) is 51.5 Å². The molecule has 1 saturated heterocycles. The number of carboxylic acid groups (broad SMARTS) is 1. The number of piperidine rings is 1. The molecule has 0 bridgehead atoms. The molecule has 0 aromatic heterocycles. The fourth-order valence-corrected chi connectivity index (χ4v) is 4.17. The molecule has 1 heterocycles. The van der Waals surface area contributed by atoms with Crippen LogP contribution in [0.25, 0.3) is 0 Å². The third-order valence-corrected chi connectivity index (χ3v) is 5.26. The maximum Gasteiger partial charge on any atom is 0.335 e. The highest BCUT2D eigenvalue weighted by Crippen LogP contribution is 2.43. The lowest BCUT2D eigenvalue weighted by Gasteiger charge is -2.45. The zero-order chi connectivity index (χ0) is 14.7. The van der Waals surface area contributed by atoms with E-state index in [0.717, 1.165) is 6.54 Å². The van der Waals surface area contributed by atoms with Crippen molar-refractivity contribution < 1.29 is 9.90 Å². The van der Waals surface area contributed by atoms with Gasteiger partial charge in [-0.05, 0) is 55.3 Å². The minimum Gasteiger partial charge on any atom is -0.478 e. The van der Waals surface area contributed by atoms with Crippen molar-refractivity contribution in [1.29, 1.82) is 0 Å². The zero-order valence-corrected chi connectivity index (χ0v) is 12.7. The molecule has 2 fully saturated rings. The first kappa shape index (κ1) is 14.6. The van der Waals surface area contributed by atoms with Crippen LogP contribution in [0.5, 0.6) is 0 Å². The van der Waals surface area contributed by atoms with E-state index in [2.05, 4.69) is 4.90 Å². The third-order valence-electron chi connectivity index (χ3n) is 5.26. The quantitative estimate of drug-likeness (QED) is 0.915. The number of nitrogens with zero attached hydrogens (tertiary/aromatic N) is 1. The number of hydrogen-bond donors (Lipinski definition) is 1. The van der Waals surface area contributed by atoms with Gasteiger partial charge < -0.3 is 5.11 Å². The second-order valence-electron chi connectivity index (χ2n) is 6.88. The van der Waals surface area contributed by atoms with Gasteiger partial charge in [-0.25, -0.2) is 4.79 Å². The van der Waals surface area contributed by atoms with Crippen LogP contribution in [-0.4, -0.2) is 29.1 Å². The van der Waals surface area contributed by atoms with E-state index in [1.54, 1.807) is 12.1 Å². The number of hydrogen-bond acceptors (Lipinski definition) is 2. The highest BCUT2D eigenvalue weighted by molar-refractivity contribution is 5.87. The highest BCUT2D eigenvalue weighted by atomic mass is 16.4. The smallest absolute Gasteiger partial charge is 0.335 e. The topological polar surface area (TPSA) is 40.5 Å². The van der Waals surface area contributed by atoms with Gasteiger partial charge in [-0.15, -0.1) is 0 Å². The lowest BCUT2D eigenvalue weighted by molar-refractivity contribution is 0.0494. The molecule has 0 atom stereocenters. The monoisotopic (exact) mass is 287 g/mol. The Balaban J connectivity index is 1.62. The van der Waals surface area contributed by atoms with Gasteiger partial charge in [-0.1, -0.05) is 31.4 Å². The van der Waals surface area contributed by atoms with E-state index >= 15 is 0 Å². The SMILES string of the molecule is O=C(O)c1ccc(CN2CCCC3(CCCCC3)C2)cc1. The van der Waals surface area contributed by atoms with Crippen LogP contribution in [0.15, 0.2) is 24.3 Å². The maximum atomic E-state index is 10.9. The van der Waals surface area contributed by atoms with Crippen LogP contribution in [0.1, 0.15) is 60.9 Å². The van der Waals surface area contributed by atoms with E-state index in [1.165, 1.54) is 63.6 Å². The summed E-state index contributed by atoms with van der Waals surface area (Å²) in [7, 11) is 0. The molecule has 1 aromatic rings. The zero-order valence-electron chi connectivity index (χ0n) is 12.7. The number of likely N-dealkylation sites (tertiary alicyclic amines) is 1. The standard InChI is InChI=1S/C18H25NO2/c20-17(21)16-7-5-15(6-8-16)13-19-12-4-11-18(14-19)9-2-1-3-10-18/h5-8H,1-4,9-14H2,(H,20,21). The first-order valence-corrected chi connectivity index (χ1v) is 8.22. The highest BCUT2D eigenvalue weighted by Gasteiger charge is 2.36. The summed E-state index contributed by atoms with van der Waals surface area (Å²) in [4.78, 5) is 13.5. The Kier molecular flexibility index (Phi) is 4.29. The van der Waals surface area contributed by atoms with E-state index in [9.17, 15) is 4.79 Å². The summed E-state index contributed by atoms with van der Waals surface area (Å²) >= 11 is 0. The van der Waals surface area contributed by atoms with Gasteiger partial charge in [-0.3, -0.25) is 4.90 Å². The summed E-state index contributed by atoms with van der Waals surface area (Å²) in [6, 6.07) is 7.37. The molecule has 1 aliphatic heterocycles.